The van der Waals surface area contributed by atoms with Gasteiger partial charge in [0.05, 0.1) is 0 Å². The Bertz CT molecular complexity index is 461. The summed E-state index contributed by atoms with van der Waals surface area (Å²) in [6.45, 7) is 3.04. The highest BCUT2D eigenvalue weighted by Gasteiger charge is 2.35. The van der Waals surface area contributed by atoms with Gasteiger partial charge in [-0.2, -0.15) is 18.2 Å². The van der Waals surface area contributed by atoms with Gasteiger partial charge in [0.15, 0.2) is 0 Å². The van der Waals surface area contributed by atoms with Crippen LogP contribution in [0.1, 0.15) is 25.1 Å². The first-order chi connectivity index (χ1) is 9.99. The zero-order valence-electron chi connectivity index (χ0n) is 11.9. The lowest BCUT2D eigenvalue weighted by Crippen LogP contribution is -2.33. The van der Waals surface area contributed by atoms with Crippen LogP contribution >= 0.6 is 0 Å². The lowest BCUT2D eigenvalue weighted by Gasteiger charge is -2.26. The Hall–Kier alpha value is -1.57. The first-order valence-corrected chi connectivity index (χ1v) is 6.98. The number of alkyl halides is 3. The van der Waals surface area contributed by atoms with Crippen LogP contribution in [0.25, 0.3) is 0 Å². The number of hydrogen-bond acceptors (Lipinski definition) is 5. The van der Waals surface area contributed by atoms with Crippen LogP contribution in [0.5, 0.6) is 5.88 Å². The zero-order chi connectivity index (χ0) is 15.3. The molecule has 0 unspecified atom stereocenters. The van der Waals surface area contributed by atoms with E-state index in [9.17, 15) is 13.2 Å². The first-order valence-electron chi connectivity index (χ1n) is 6.98. The normalized spacial score (nSPS) is 16.8. The van der Waals surface area contributed by atoms with E-state index in [2.05, 4.69) is 20.2 Å². The van der Waals surface area contributed by atoms with Crippen molar-refractivity contribution in [3.8, 4) is 5.88 Å². The molecule has 0 radical (unpaired) electrons. The Morgan fingerprint density at radius 1 is 1.24 bits per heavy atom. The van der Waals surface area contributed by atoms with Crippen molar-refractivity contribution >= 4 is 5.82 Å². The molecule has 2 heterocycles. The fraction of sp³-hybridized carbons (Fsp3) is 0.692. The molecule has 0 atom stereocenters. The molecule has 1 aromatic rings. The van der Waals surface area contributed by atoms with Gasteiger partial charge in [-0.25, -0.2) is 4.98 Å². The Kier molecular flexibility index (Phi) is 5.22. The minimum atomic E-state index is -4.59. The monoisotopic (exact) mass is 304 g/mol. The van der Waals surface area contributed by atoms with Gasteiger partial charge in [0.1, 0.15) is 12.4 Å². The molecule has 1 aliphatic rings. The molecule has 0 aromatic carbocycles. The van der Waals surface area contributed by atoms with Crippen molar-refractivity contribution in [3.05, 3.63) is 11.9 Å². The smallest absolute Gasteiger partial charge is 0.451 e. The second kappa shape index (κ2) is 6.93. The quantitative estimate of drug-likeness (QED) is 0.905. The van der Waals surface area contributed by atoms with E-state index >= 15 is 0 Å². The van der Waals surface area contributed by atoms with E-state index in [-0.39, 0.29) is 11.7 Å². The third kappa shape index (κ3) is 4.73. The summed E-state index contributed by atoms with van der Waals surface area (Å²) in [5, 5.41) is 2.58. The van der Waals surface area contributed by atoms with Crippen molar-refractivity contribution in [1.82, 2.24) is 14.9 Å². The average molecular weight is 304 g/mol. The molecule has 0 aliphatic carbocycles. The number of aromatic nitrogens is 2. The van der Waals surface area contributed by atoms with Gasteiger partial charge < -0.3 is 10.1 Å². The molecule has 0 amide bonds. The zero-order valence-corrected chi connectivity index (χ0v) is 11.9. The van der Waals surface area contributed by atoms with E-state index in [1.807, 2.05) is 0 Å². The van der Waals surface area contributed by atoms with E-state index < -0.39 is 12.0 Å². The number of anilines is 1. The molecule has 21 heavy (non-hydrogen) atoms. The molecule has 1 N–H and O–H groups in total. The summed E-state index contributed by atoms with van der Waals surface area (Å²) in [6, 6.07) is 1.37. The summed E-state index contributed by atoms with van der Waals surface area (Å²) in [5.41, 5.74) is 0. The molecule has 1 saturated heterocycles. The molecular weight excluding hydrogens is 285 g/mol. The predicted molar refractivity (Wildman–Crippen MR) is 72.4 cm³/mol. The molecule has 0 saturated carbocycles. The SMILES string of the molecule is CNc1cc(OCCN2CCCCC2)nc(C(F)(F)F)n1. The lowest BCUT2D eigenvalue weighted by atomic mass is 10.1. The van der Waals surface area contributed by atoms with E-state index in [0.717, 1.165) is 25.9 Å². The molecule has 1 aliphatic heterocycles. The Balaban J connectivity index is 1.95. The highest BCUT2D eigenvalue weighted by Crippen LogP contribution is 2.28. The Labute approximate surface area is 121 Å². The van der Waals surface area contributed by atoms with Gasteiger partial charge in [-0.15, -0.1) is 0 Å². The van der Waals surface area contributed by atoms with E-state index in [0.29, 0.717) is 13.2 Å². The van der Waals surface area contributed by atoms with Crippen molar-refractivity contribution in [1.29, 1.82) is 0 Å². The summed E-state index contributed by atoms with van der Waals surface area (Å²) in [7, 11) is 1.50. The van der Waals surface area contributed by atoms with Crippen molar-refractivity contribution < 1.29 is 17.9 Å². The van der Waals surface area contributed by atoms with Crippen LogP contribution in [0.15, 0.2) is 6.07 Å². The molecular formula is C13H19F3N4O. The summed E-state index contributed by atoms with van der Waals surface area (Å²) < 4.78 is 43.4. The molecule has 1 aromatic heterocycles. The van der Waals surface area contributed by atoms with E-state index in [4.69, 9.17) is 4.74 Å². The highest BCUT2D eigenvalue weighted by atomic mass is 19.4. The van der Waals surface area contributed by atoms with Gasteiger partial charge in [0.2, 0.25) is 11.7 Å². The van der Waals surface area contributed by atoms with Crippen molar-refractivity contribution in [2.45, 2.75) is 25.4 Å². The van der Waals surface area contributed by atoms with Gasteiger partial charge >= 0.3 is 6.18 Å². The summed E-state index contributed by atoms with van der Waals surface area (Å²) in [6.07, 6.45) is -1.02. The van der Waals surface area contributed by atoms with Crippen molar-refractivity contribution in [2.75, 3.05) is 38.6 Å². The van der Waals surface area contributed by atoms with Crippen molar-refractivity contribution in [2.24, 2.45) is 0 Å². The van der Waals surface area contributed by atoms with Crippen LogP contribution in [-0.4, -0.2) is 48.2 Å². The van der Waals surface area contributed by atoms with Crippen molar-refractivity contribution in [3.63, 3.8) is 0 Å². The summed E-state index contributed by atoms with van der Waals surface area (Å²) in [5.74, 6) is -1.16. The number of nitrogens with zero attached hydrogens (tertiary/aromatic N) is 3. The average Bonchev–Trinajstić information content (AvgIpc) is 2.47. The summed E-state index contributed by atoms with van der Waals surface area (Å²) in [4.78, 5) is 9.05. The largest absolute Gasteiger partial charge is 0.476 e. The van der Waals surface area contributed by atoms with Gasteiger partial charge in [-0.1, -0.05) is 6.42 Å². The third-order valence-electron chi connectivity index (χ3n) is 3.32. The van der Waals surface area contributed by atoms with Gasteiger partial charge in [0, 0.05) is 19.7 Å². The fourth-order valence-corrected chi connectivity index (χ4v) is 2.22. The molecule has 1 fully saturated rings. The maximum Gasteiger partial charge on any atom is 0.451 e. The number of ether oxygens (including phenoxy) is 1. The molecule has 5 nitrogen and oxygen atoms in total. The lowest BCUT2D eigenvalue weighted by molar-refractivity contribution is -0.145. The summed E-state index contributed by atoms with van der Waals surface area (Å²) >= 11 is 0. The maximum atomic E-state index is 12.7. The van der Waals surface area contributed by atoms with Gasteiger partial charge in [-0.05, 0) is 25.9 Å². The minimum Gasteiger partial charge on any atom is -0.476 e. The minimum absolute atomic E-state index is 0.0568. The van der Waals surface area contributed by atoms with Crippen LogP contribution in [0, 0.1) is 0 Å². The van der Waals surface area contributed by atoms with Gasteiger partial charge in [-0.3, -0.25) is 4.90 Å². The van der Waals surface area contributed by atoms with Crippen LogP contribution in [-0.2, 0) is 6.18 Å². The van der Waals surface area contributed by atoms with E-state index in [1.54, 1.807) is 0 Å². The highest BCUT2D eigenvalue weighted by molar-refractivity contribution is 5.38. The molecule has 118 valence electrons. The standard InChI is InChI=1S/C13H19F3N4O/c1-17-10-9-11(19-12(18-10)13(14,15)16)21-8-7-20-5-3-2-4-6-20/h9H,2-8H2,1H3,(H,17,18,19). The fourth-order valence-electron chi connectivity index (χ4n) is 2.22. The van der Waals surface area contributed by atoms with Crippen LogP contribution in [0.3, 0.4) is 0 Å². The first kappa shape index (κ1) is 15.8. The molecule has 2 rings (SSSR count). The number of piperidine rings is 1. The van der Waals surface area contributed by atoms with Crippen LogP contribution in [0.2, 0.25) is 0 Å². The second-order valence-electron chi connectivity index (χ2n) is 4.91. The molecule has 0 bridgehead atoms. The van der Waals surface area contributed by atoms with Crippen LogP contribution < -0.4 is 10.1 Å². The molecule has 0 spiro atoms. The topological polar surface area (TPSA) is 50.3 Å². The number of hydrogen-bond donors (Lipinski definition) is 1. The number of likely N-dealkylation sites (tertiary alicyclic amines) is 1. The second-order valence-corrected chi connectivity index (χ2v) is 4.91. The Morgan fingerprint density at radius 2 is 1.95 bits per heavy atom. The third-order valence-corrected chi connectivity index (χ3v) is 3.32. The predicted octanol–water partition coefficient (Wildman–Crippen LogP) is 2.40. The number of halogens is 3. The van der Waals surface area contributed by atoms with Gasteiger partial charge in [0.25, 0.3) is 0 Å². The maximum absolute atomic E-state index is 12.7. The molecule has 8 heteroatoms. The Morgan fingerprint density at radius 3 is 2.57 bits per heavy atom. The number of nitrogens with one attached hydrogen (secondary N) is 1. The number of rotatable bonds is 5. The van der Waals surface area contributed by atoms with Crippen LogP contribution in [0.4, 0.5) is 19.0 Å². The van der Waals surface area contributed by atoms with E-state index in [1.165, 1.54) is 19.5 Å².